The molecule has 0 bridgehead atoms. The second kappa shape index (κ2) is 10.8. The lowest BCUT2D eigenvalue weighted by atomic mass is 10.0. The van der Waals surface area contributed by atoms with Crippen LogP contribution in [-0.2, 0) is 27.2 Å². The van der Waals surface area contributed by atoms with Gasteiger partial charge in [-0.15, -0.1) is 0 Å². The van der Waals surface area contributed by atoms with E-state index in [4.69, 9.17) is 9.47 Å². The second-order valence-electron chi connectivity index (χ2n) is 7.89. The quantitative estimate of drug-likeness (QED) is 0.574. The van der Waals surface area contributed by atoms with E-state index in [1.165, 1.54) is 18.4 Å². The highest BCUT2D eigenvalue weighted by atomic mass is 16.5. The molecule has 3 heterocycles. The van der Waals surface area contributed by atoms with Gasteiger partial charge in [0.1, 0.15) is 18.8 Å². The maximum Gasteiger partial charge on any atom is 0.248 e. The van der Waals surface area contributed by atoms with Crippen molar-refractivity contribution in [2.45, 2.75) is 45.7 Å². The molecule has 1 atom stereocenters. The normalized spacial score (nSPS) is 18.6. The minimum atomic E-state index is 0.00504. The molecule has 29 heavy (non-hydrogen) atoms. The van der Waals surface area contributed by atoms with Crippen LogP contribution >= 0.6 is 0 Å². The maximum atomic E-state index is 12.4. The molecule has 0 N–H and O–H groups in total. The van der Waals surface area contributed by atoms with E-state index in [-0.39, 0.29) is 12.5 Å². The summed E-state index contributed by atoms with van der Waals surface area (Å²) in [5, 5.41) is 0. The highest BCUT2D eigenvalue weighted by Gasteiger charge is 2.28. The number of methoxy groups -OCH3 is 1. The topological polar surface area (TPSA) is 71.0 Å². The molecular formula is C21H35N5O3. The smallest absolute Gasteiger partial charge is 0.248 e. The van der Waals surface area contributed by atoms with Gasteiger partial charge < -0.3 is 19.3 Å². The summed E-state index contributed by atoms with van der Waals surface area (Å²) in [6, 6.07) is 0.646. The average molecular weight is 406 g/mol. The van der Waals surface area contributed by atoms with Gasteiger partial charge in [0, 0.05) is 51.4 Å². The minimum absolute atomic E-state index is 0.00504. The van der Waals surface area contributed by atoms with Crippen LogP contribution in [0.25, 0.3) is 0 Å². The van der Waals surface area contributed by atoms with Gasteiger partial charge >= 0.3 is 0 Å². The van der Waals surface area contributed by atoms with Crippen molar-refractivity contribution < 1.29 is 14.3 Å². The first kappa shape index (κ1) is 21.9. The lowest BCUT2D eigenvalue weighted by molar-refractivity contribution is -0.137. The fraction of sp³-hybridized carbons (Fsp3) is 0.762. The molecule has 0 aliphatic carbocycles. The Morgan fingerprint density at radius 2 is 1.97 bits per heavy atom. The first-order valence-corrected chi connectivity index (χ1v) is 10.8. The largest absolute Gasteiger partial charge is 0.382 e. The summed E-state index contributed by atoms with van der Waals surface area (Å²) in [5.74, 6) is 1.06. The molecule has 1 aromatic heterocycles. The Morgan fingerprint density at radius 3 is 2.69 bits per heavy atom. The Morgan fingerprint density at radius 1 is 1.17 bits per heavy atom. The number of rotatable bonds is 9. The molecule has 1 saturated heterocycles. The number of carbonyl (C=O) groups excluding carboxylic acids is 1. The third-order valence-corrected chi connectivity index (χ3v) is 5.94. The van der Waals surface area contributed by atoms with Crippen LogP contribution in [-0.4, -0.2) is 91.4 Å². The fourth-order valence-electron chi connectivity index (χ4n) is 4.19. The monoisotopic (exact) mass is 405 g/mol. The number of piperazine rings is 1. The number of fused-ring (bicyclic) bond motifs is 1. The third-order valence-electron chi connectivity index (χ3n) is 5.94. The number of hydrogen-bond acceptors (Lipinski definition) is 7. The lowest BCUT2D eigenvalue weighted by Gasteiger charge is -2.40. The van der Waals surface area contributed by atoms with Gasteiger partial charge in [-0.25, -0.2) is 9.97 Å². The van der Waals surface area contributed by atoms with Crippen molar-refractivity contribution in [3.8, 4) is 0 Å². The van der Waals surface area contributed by atoms with Crippen molar-refractivity contribution in [3.05, 3.63) is 17.6 Å². The molecule has 0 saturated carbocycles. The van der Waals surface area contributed by atoms with Crippen molar-refractivity contribution in [1.29, 1.82) is 0 Å². The highest BCUT2D eigenvalue weighted by Crippen LogP contribution is 2.26. The second-order valence-corrected chi connectivity index (χ2v) is 7.89. The predicted molar refractivity (Wildman–Crippen MR) is 112 cm³/mol. The molecule has 1 fully saturated rings. The van der Waals surface area contributed by atoms with Gasteiger partial charge in [-0.2, -0.15) is 0 Å². The molecule has 0 aromatic carbocycles. The summed E-state index contributed by atoms with van der Waals surface area (Å²) in [6.07, 6.45) is 4.92. The molecule has 8 nitrogen and oxygen atoms in total. The molecule has 3 rings (SSSR count). The standard InChI is InChI=1S/C21H35N5O3/c1-4-5-17(2)24-8-10-25(11-9-24)21-18-6-7-26(14-19(18)22-16-23-21)20(27)15-29-13-12-28-3/h16-17H,4-15H2,1-3H3. The number of anilines is 1. The van der Waals surface area contributed by atoms with E-state index in [2.05, 4.69) is 33.6 Å². The predicted octanol–water partition coefficient (Wildman–Crippen LogP) is 1.33. The highest BCUT2D eigenvalue weighted by molar-refractivity contribution is 5.77. The zero-order valence-electron chi connectivity index (χ0n) is 18.1. The Kier molecular flexibility index (Phi) is 8.20. The Hall–Kier alpha value is -1.77. The SMILES string of the molecule is CCCC(C)N1CCN(c2ncnc3c2CCN(C(=O)COCCOC)C3)CC1. The van der Waals surface area contributed by atoms with Gasteiger partial charge in [-0.1, -0.05) is 13.3 Å². The van der Waals surface area contributed by atoms with Crippen LogP contribution in [0.2, 0.25) is 0 Å². The third kappa shape index (κ3) is 5.65. The number of nitrogens with zero attached hydrogens (tertiary/aromatic N) is 5. The van der Waals surface area contributed by atoms with Crippen molar-refractivity contribution in [2.24, 2.45) is 0 Å². The van der Waals surface area contributed by atoms with E-state index in [1.54, 1.807) is 13.4 Å². The zero-order chi connectivity index (χ0) is 20.6. The average Bonchev–Trinajstić information content (AvgIpc) is 2.76. The number of amides is 1. The summed E-state index contributed by atoms with van der Waals surface area (Å²) >= 11 is 0. The molecule has 1 amide bonds. The number of hydrogen-bond donors (Lipinski definition) is 0. The van der Waals surface area contributed by atoms with E-state index in [0.717, 1.165) is 44.1 Å². The minimum Gasteiger partial charge on any atom is -0.382 e. The molecule has 1 aromatic rings. The van der Waals surface area contributed by atoms with Crippen LogP contribution in [0.1, 0.15) is 37.9 Å². The van der Waals surface area contributed by atoms with Crippen molar-refractivity contribution in [3.63, 3.8) is 0 Å². The molecule has 8 heteroatoms. The van der Waals surface area contributed by atoms with Gasteiger partial charge in [-0.3, -0.25) is 9.69 Å². The Balaban J connectivity index is 1.58. The number of aromatic nitrogens is 2. The molecule has 1 unspecified atom stereocenters. The molecular weight excluding hydrogens is 370 g/mol. The van der Waals surface area contributed by atoms with E-state index >= 15 is 0 Å². The zero-order valence-corrected chi connectivity index (χ0v) is 18.1. The maximum absolute atomic E-state index is 12.4. The Bertz CT molecular complexity index is 664. The molecule has 2 aliphatic heterocycles. The molecule has 0 spiro atoms. The summed E-state index contributed by atoms with van der Waals surface area (Å²) in [7, 11) is 1.62. The summed E-state index contributed by atoms with van der Waals surface area (Å²) in [5.41, 5.74) is 2.17. The van der Waals surface area contributed by atoms with Crippen LogP contribution in [0.5, 0.6) is 0 Å². The van der Waals surface area contributed by atoms with Crippen molar-refractivity contribution in [1.82, 2.24) is 19.8 Å². The number of carbonyl (C=O) groups is 1. The van der Waals surface area contributed by atoms with Crippen LogP contribution < -0.4 is 4.90 Å². The first-order chi connectivity index (χ1) is 14.1. The van der Waals surface area contributed by atoms with Crippen molar-refractivity contribution in [2.75, 3.05) is 64.6 Å². The van der Waals surface area contributed by atoms with Gasteiger partial charge in [0.2, 0.25) is 5.91 Å². The van der Waals surface area contributed by atoms with Crippen LogP contribution in [0, 0.1) is 0 Å². The van der Waals surface area contributed by atoms with Crippen LogP contribution in [0.15, 0.2) is 6.33 Å². The van der Waals surface area contributed by atoms with E-state index in [0.29, 0.717) is 32.3 Å². The van der Waals surface area contributed by atoms with Gasteiger partial charge in [0.05, 0.1) is 25.5 Å². The van der Waals surface area contributed by atoms with Gasteiger partial charge in [-0.05, 0) is 19.8 Å². The van der Waals surface area contributed by atoms with Gasteiger partial charge in [0.25, 0.3) is 0 Å². The Labute approximate surface area is 174 Å². The van der Waals surface area contributed by atoms with Crippen LogP contribution in [0.4, 0.5) is 5.82 Å². The molecule has 2 aliphatic rings. The summed E-state index contributed by atoms with van der Waals surface area (Å²) in [6.45, 7) is 11.0. The van der Waals surface area contributed by atoms with E-state index in [1.807, 2.05) is 4.90 Å². The first-order valence-electron chi connectivity index (χ1n) is 10.8. The van der Waals surface area contributed by atoms with Crippen LogP contribution in [0.3, 0.4) is 0 Å². The van der Waals surface area contributed by atoms with Crippen molar-refractivity contribution >= 4 is 11.7 Å². The lowest BCUT2D eigenvalue weighted by Crippen LogP contribution is -2.50. The summed E-state index contributed by atoms with van der Waals surface area (Å²) in [4.78, 5) is 28.3. The van der Waals surface area contributed by atoms with Gasteiger partial charge in [0.15, 0.2) is 0 Å². The summed E-state index contributed by atoms with van der Waals surface area (Å²) < 4.78 is 10.3. The number of ether oxygens (including phenoxy) is 2. The van der Waals surface area contributed by atoms with E-state index < -0.39 is 0 Å². The van der Waals surface area contributed by atoms with E-state index in [9.17, 15) is 4.79 Å². The fourth-order valence-corrected chi connectivity index (χ4v) is 4.19. The molecule has 0 radical (unpaired) electrons. The molecule has 162 valence electrons.